The second-order valence-electron chi connectivity index (χ2n) is 7.08. The van der Waals surface area contributed by atoms with Gasteiger partial charge in [0.25, 0.3) is 5.89 Å². The fourth-order valence-electron chi connectivity index (χ4n) is 3.13. The smallest absolute Gasteiger partial charge is 0.258 e. The zero-order valence-corrected chi connectivity index (χ0v) is 15.4. The quantitative estimate of drug-likeness (QED) is 0.542. The van der Waals surface area contributed by atoms with E-state index in [0.29, 0.717) is 28.8 Å². The molecular formula is C20H17FN6O2. The predicted molar refractivity (Wildman–Crippen MR) is 100 cm³/mol. The van der Waals surface area contributed by atoms with E-state index in [0.717, 1.165) is 24.2 Å². The molecule has 1 aromatic carbocycles. The van der Waals surface area contributed by atoms with Crippen LogP contribution in [0.5, 0.6) is 0 Å². The Hall–Kier alpha value is -3.62. The van der Waals surface area contributed by atoms with Crippen LogP contribution in [0, 0.1) is 5.82 Å². The van der Waals surface area contributed by atoms with Gasteiger partial charge in [0.2, 0.25) is 5.91 Å². The van der Waals surface area contributed by atoms with E-state index in [9.17, 15) is 9.18 Å². The van der Waals surface area contributed by atoms with Gasteiger partial charge in [0.15, 0.2) is 17.3 Å². The Balaban J connectivity index is 1.27. The van der Waals surface area contributed by atoms with Gasteiger partial charge in [-0.2, -0.15) is 4.98 Å². The Morgan fingerprint density at radius 1 is 1.24 bits per heavy atom. The predicted octanol–water partition coefficient (Wildman–Crippen LogP) is 2.65. The zero-order valence-electron chi connectivity index (χ0n) is 15.4. The molecule has 0 aliphatic heterocycles. The number of amides is 1. The highest BCUT2D eigenvalue weighted by molar-refractivity contribution is 5.78. The highest BCUT2D eigenvalue weighted by atomic mass is 19.1. The third-order valence-electron chi connectivity index (χ3n) is 4.81. The molecule has 1 N–H and O–H groups in total. The van der Waals surface area contributed by atoms with Crippen molar-refractivity contribution in [2.45, 2.75) is 31.7 Å². The summed E-state index contributed by atoms with van der Waals surface area (Å²) in [6.07, 6.45) is 4.12. The minimum Gasteiger partial charge on any atom is -0.348 e. The van der Waals surface area contributed by atoms with E-state index >= 15 is 0 Å². The lowest BCUT2D eigenvalue weighted by atomic mass is 10.1. The lowest BCUT2D eigenvalue weighted by molar-refractivity contribution is -0.120. The number of carbonyl (C=O) groups excluding carboxylic acids is 1. The molecule has 5 rings (SSSR count). The molecule has 0 spiro atoms. The first kappa shape index (κ1) is 17.5. The minimum absolute atomic E-state index is 0.0964. The summed E-state index contributed by atoms with van der Waals surface area (Å²) in [5.74, 6) is 1.64. The van der Waals surface area contributed by atoms with Crippen molar-refractivity contribution in [2.75, 3.05) is 0 Å². The van der Waals surface area contributed by atoms with Gasteiger partial charge in [0, 0.05) is 17.7 Å². The molecule has 9 heteroatoms. The van der Waals surface area contributed by atoms with Crippen molar-refractivity contribution < 1.29 is 13.7 Å². The first-order chi connectivity index (χ1) is 14.2. The topological polar surface area (TPSA) is 98.2 Å². The number of rotatable bonds is 6. The summed E-state index contributed by atoms with van der Waals surface area (Å²) in [5, 5.41) is 15.1. The van der Waals surface area contributed by atoms with E-state index in [-0.39, 0.29) is 24.7 Å². The maximum Gasteiger partial charge on any atom is 0.258 e. The van der Waals surface area contributed by atoms with Gasteiger partial charge >= 0.3 is 0 Å². The number of nitrogens with zero attached hydrogens (tertiary/aromatic N) is 5. The number of hydrogen-bond acceptors (Lipinski definition) is 6. The van der Waals surface area contributed by atoms with Gasteiger partial charge in [0.1, 0.15) is 5.82 Å². The van der Waals surface area contributed by atoms with Gasteiger partial charge < -0.3 is 9.84 Å². The number of aromatic nitrogens is 5. The Bertz CT molecular complexity index is 1200. The molecule has 29 heavy (non-hydrogen) atoms. The van der Waals surface area contributed by atoms with Crippen LogP contribution in [-0.4, -0.2) is 30.6 Å². The summed E-state index contributed by atoms with van der Waals surface area (Å²) in [6, 6.07) is 9.65. The Kier molecular flexibility index (Phi) is 4.27. The molecule has 1 aliphatic carbocycles. The molecule has 1 saturated carbocycles. The van der Waals surface area contributed by atoms with Crippen LogP contribution in [0.4, 0.5) is 4.39 Å². The van der Waals surface area contributed by atoms with Crippen molar-refractivity contribution in [3.8, 4) is 11.5 Å². The number of nitrogens with one attached hydrogen (secondary N) is 1. The van der Waals surface area contributed by atoms with Gasteiger partial charge in [-0.1, -0.05) is 17.3 Å². The first-order valence-corrected chi connectivity index (χ1v) is 9.34. The molecule has 0 saturated heterocycles. The molecule has 1 amide bonds. The van der Waals surface area contributed by atoms with Crippen molar-refractivity contribution >= 4 is 11.6 Å². The fraction of sp³-hybridized carbons (Fsp3) is 0.250. The second-order valence-corrected chi connectivity index (χ2v) is 7.08. The summed E-state index contributed by atoms with van der Waals surface area (Å²) >= 11 is 0. The van der Waals surface area contributed by atoms with E-state index in [1.807, 2.05) is 12.1 Å². The zero-order chi connectivity index (χ0) is 19.8. The standard InChI is InChI=1S/C20H17FN6O2/c21-15-3-1-2-12(8-15)9-18(28)22-11-17-25-24-16-10-14(6-7-27(16)17)20-23-19(26-29-20)13-4-5-13/h1-3,6-8,10,13H,4-5,9,11H2,(H,22,28). The lowest BCUT2D eigenvalue weighted by Crippen LogP contribution is -2.25. The van der Waals surface area contributed by atoms with E-state index in [4.69, 9.17) is 4.52 Å². The van der Waals surface area contributed by atoms with E-state index in [2.05, 4.69) is 25.7 Å². The average molecular weight is 392 g/mol. The molecule has 146 valence electrons. The molecular weight excluding hydrogens is 375 g/mol. The first-order valence-electron chi connectivity index (χ1n) is 9.34. The van der Waals surface area contributed by atoms with Gasteiger partial charge in [-0.05, 0) is 42.7 Å². The minimum atomic E-state index is -0.361. The number of carbonyl (C=O) groups is 1. The van der Waals surface area contributed by atoms with Crippen LogP contribution in [0.3, 0.4) is 0 Å². The normalized spacial score (nSPS) is 13.7. The largest absolute Gasteiger partial charge is 0.348 e. The van der Waals surface area contributed by atoms with Crippen LogP contribution in [0.2, 0.25) is 0 Å². The molecule has 1 fully saturated rings. The highest BCUT2D eigenvalue weighted by Gasteiger charge is 2.29. The Labute approximate surface area is 164 Å². The molecule has 3 heterocycles. The molecule has 0 unspecified atom stereocenters. The Morgan fingerprint density at radius 3 is 2.97 bits per heavy atom. The van der Waals surface area contributed by atoms with Crippen LogP contribution in [0.15, 0.2) is 47.1 Å². The molecule has 0 radical (unpaired) electrons. The molecule has 0 atom stereocenters. The van der Waals surface area contributed by atoms with E-state index < -0.39 is 0 Å². The summed E-state index contributed by atoms with van der Waals surface area (Å²) in [6.45, 7) is 0.209. The molecule has 3 aromatic heterocycles. The van der Waals surface area contributed by atoms with Crippen LogP contribution >= 0.6 is 0 Å². The second kappa shape index (κ2) is 7.08. The maximum absolute atomic E-state index is 13.2. The fourth-order valence-corrected chi connectivity index (χ4v) is 3.13. The summed E-state index contributed by atoms with van der Waals surface area (Å²) < 4.78 is 20.4. The highest BCUT2D eigenvalue weighted by Crippen LogP contribution is 2.38. The molecule has 0 bridgehead atoms. The van der Waals surface area contributed by atoms with Crippen LogP contribution in [-0.2, 0) is 17.8 Å². The third kappa shape index (κ3) is 3.71. The van der Waals surface area contributed by atoms with Crippen molar-refractivity contribution in [2.24, 2.45) is 0 Å². The summed E-state index contributed by atoms with van der Waals surface area (Å²) in [7, 11) is 0. The van der Waals surface area contributed by atoms with Crippen molar-refractivity contribution in [3.63, 3.8) is 0 Å². The van der Waals surface area contributed by atoms with Gasteiger partial charge in [-0.25, -0.2) is 4.39 Å². The third-order valence-corrected chi connectivity index (χ3v) is 4.81. The average Bonchev–Trinajstić information content (AvgIpc) is 3.30. The van der Waals surface area contributed by atoms with Crippen molar-refractivity contribution in [1.29, 1.82) is 0 Å². The van der Waals surface area contributed by atoms with E-state index in [1.54, 1.807) is 22.7 Å². The number of halogens is 1. The van der Waals surface area contributed by atoms with Gasteiger partial charge in [-0.3, -0.25) is 9.20 Å². The maximum atomic E-state index is 13.2. The van der Waals surface area contributed by atoms with Crippen molar-refractivity contribution in [3.05, 3.63) is 65.6 Å². The molecule has 8 nitrogen and oxygen atoms in total. The summed E-state index contributed by atoms with van der Waals surface area (Å²) in [4.78, 5) is 16.6. The summed E-state index contributed by atoms with van der Waals surface area (Å²) in [5.41, 5.74) is 2.00. The van der Waals surface area contributed by atoms with Crippen molar-refractivity contribution in [1.82, 2.24) is 30.1 Å². The van der Waals surface area contributed by atoms with Gasteiger partial charge in [0.05, 0.1) is 13.0 Å². The number of hydrogen-bond donors (Lipinski definition) is 1. The lowest BCUT2D eigenvalue weighted by Gasteiger charge is -2.05. The van der Waals surface area contributed by atoms with E-state index in [1.165, 1.54) is 12.1 Å². The molecule has 1 aliphatic rings. The number of benzene rings is 1. The van der Waals surface area contributed by atoms with Crippen LogP contribution in [0.25, 0.3) is 17.1 Å². The van der Waals surface area contributed by atoms with Gasteiger partial charge in [-0.15, -0.1) is 10.2 Å². The number of pyridine rings is 1. The Morgan fingerprint density at radius 2 is 2.14 bits per heavy atom. The molecule has 4 aromatic rings. The number of fused-ring (bicyclic) bond motifs is 1. The monoisotopic (exact) mass is 392 g/mol. The SMILES string of the molecule is O=C(Cc1cccc(F)c1)NCc1nnc2cc(-c3nc(C4CC4)no3)ccn12. The van der Waals surface area contributed by atoms with Crippen LogP contribution < -0.4 is 5.32 Å². The van der Waals surface area contributed by atoms with Crippen LogP contribution in [0.1, 0.15) is 36.0 Å².